The van der Waals surface area contributed by atoms with Gasteiger partial charge in [-0.15, -0.1) is 34.7 Å². The van der Waals surface area contributed by atoms with Crippen LogP contribution in [0, 0.1) is 0 Å². The molecule has 0 atom stereocenters. The summed E-state index contributed by atoms with van der Waals surface area (Å²) in [5.74, 6) is 0.685. The lowest BCUT2D eigenvalue weighted by Crippen LogP contribution is -2.13. The Kier molecular flexibility index (Phi) is 5.04. The number of hydrogen-bond acceptors (Lipinski definition) is 4. The fourth-order valence-corrected chi connectivity index (χ4v) is 2.92. The minimum atomic E-state index is -0.0562. The Labute approximate surface area is 119 Å². The summed E-state index contributed by atoms with van der Waals surface area (Å²) in [5, 5.41) is 5.20. The minimum absolute atomic E-state index is 0.0562. The highest BCUT2D eigenvalue weighted by Gasteiger charge is 2.06. The monoisotopic (exact) mass is 298 g/mol. The van der Waals surface area contributed by atoms with E-state index in [0.29, 0.717) is 16.8 Å². The van der Waals surface area contributed by atoms with Crippen molar-refractivity contribution in [3.63, 3.8) is 0 Å². The number of rotatable bonds is 5. The van der Waals surface area contributed by atoms with E-state index in [-0.39, 0.29) is 5.91 Å². The second kappa shape index (κ2) is 6.78. The number of aromatic nitrogens is 1. The van der Waals surface area contributed by atoms with E-state index in [1.54, 1.807) is 0 Å². The van der Waals surface area contributed by atoms with Gasteiger partial charge >= 0.3 is 0 Å². The van der Waals surface area contributed by atoms with Crippen LogP contribution in [-0.2, 0) is 10.7 Å². The van der Waals surface area contributed by atoms with Crippen molar-refractivity contribution >= 4 is 45.7 Å². The summed E-state index contributed by atoms with van der Waals surface area (Å²) >= 11 is 8.53. The van der Waals surface area contributed by atoms with Gasteiger partial charge in [-0.3, -0.25) is 4.79 Å². The number of anilines is 1. The Morgan fingerprint density at radius 2 is 2.17 bits per heavy atom. The average molecular weight is 299 g/mol. The van der Waals surface area contributed by atoms with E-state index in [1.807, 2.05) is 35.7 Å². The number of alkyl halides is 1. The predicted octanol–water partition coefficient (Wildman–Crippen LogP) is 3.61. The highest BCUT2D eigenvalue weighted by Crippen LogP contribution is 2.19. The van der Waals surface area contributed by atoms with E-state index in [1.165, 1.54) is 23.1 Å². The number of halogens is 1. The molecule has 2 rings (SSSR count). The Balaban J connectivity index is 1.82. The molecule has 1 aromatic heterocycles. The first-order chi connectivity index (χ1) is 8.78. The lowest BCUT2D eigenvalue weighted by molar-refractivity contribution is -0.113. The van der Waals surface area contributed by atoms with Gasteiger partial charge in [0.1, 0.15) is 0 Å². The first kappa shape index (κ1) is 13.4. The van der Waals surface area contributed by atoms with Crippen molar-refractivity contribution in [2.75, 3.05) is 11.1 Å². The van der Waals surface area contributed by atoms with Crippen LogP contribution in [0.1, 0.15) is 5.69 Å². The van der Waals surface area contributed by atoms with Gasteiger partial charge in [-0.1, -0.05) is 18.2 Å². The van der Waals surface area contributed by atoms with Gasteiger partial charge in [-0.2, -0.15) is 0 Å². The number of thioether (sulfide) groups is 1. The van der Waals surface area contributed by atoms with Gasteiger partial charge in [0.2, 0.25) is 5.91 Å². The third kappa shape index (κ3) is 4.01. The number of thiazole rings is 1. The van der Waals surface area contributed by atoms with Crippen molar-refractivity contribution in [3.8, 4) is 0 Å². The van der Waals surface area contributed by atoms with Crippen LogP contribution in [0.5, 0.6) is 0 Å². The molecule has 0 aliphatic rings. The molecule has 94 valence electrons. The highest BCUT2D eigenvalue weighted by molar-refractivity contribution is 8.00. The van der Waals surface area contributed by atoms with Crippen LogP contribution in [0.2, 0.25) is 0 Å². The van der Waals surface area contributed by atoms with Crippen LogP contribution in [0.4, 0.5) is 5.13 Å². The summed E-state index contributed by atoms with van der Waals surface area (Å²) in [6.45, 7) is 0. The van der Waals surface area contributed by atoms with Crippen LogP contribution in [0.25, 0.3) is 0 Å². The molecule has 1 heterocycles. The number of benzene rings is 1. The fraction of sp³-hybridized carbons (Fsp3) is 0.167. The van der Waals surface area contributed by atoms with E-state index >= 15 is 0 Å². The highest BCUT2D eigenvalue weighted by atomic mass is 35.5. The maximum Gasteiger partial charge on any atom is 0.236 e. The largest absolute Gasteiger partial charge is 0.301 e. The van der Waals surface area contributed by atoms with Crippen molar-refractivity contribution in [2.24, 2.45) is 0 Å². The van der Waals surface area contributed by atoms with Crippen molar-refractivity contribution in [1.82, 2.24) is 4.98 Å². The zero-order valence-corrected chi connectivity index (χ0v) is 11.8. The number of nitrogens with one attached hydrogen (secondary N) is 1. The second-order valence-corrected chi connectivity index (χ2v) is 5.60. The van der Waals surface area contributed by atoms with Crippen LogP contribution >= 0.6 is 34.7 Å². The summed E-state index contributed by atoms with van der Waals surface area (Å²) in [6, 6.07) is 9.81. The van der Waals surface area contributed by atoms with E-state index < -0.39 is 0 Å². The van der Waals surface area contributed by atoms with Crippen molar-refractivity contribution in [2.45, 2.75) is 10.8 Å². The van der Waals surface area contributed by atoms with Gasteiger partial charge in [0.25, 0.3) is 0 Å². The molecule has 0 aliphatic carbocycles. The molecule has 0 aliphatic heterocycles. The predicted molar refractivity (Wildman–Crippen MR) is 77.5 cm³/mol. The summed E-state index contributed by atoms with van der Waals surface area (Å²) < 4.78 is 0. The second-order valence-electron chi connectivity index (χ2n) is 3.43. The van der Waals surface area contributed by atoms with E-state index in [2.05, 4.69) is 10.3 Å². The standard InChI is InChI=1S/C12H11ClN2OS2/c13-6-9-7-18-12(14-9)15-11(16)8-17-10-4-2-1-3-5-10/h1-5,7H,6,8H2,(H,14,15,16). The zero-order chi connectivity index (χ0) is 12.8. The molecule has 1 amide bonds. The topological polar surface area (TPSA) is 42.0 Å². The summed E-state index contributed by atoms with van der Waals surface area (Å²) in [5.41, 5.74) is 0.785. The molecule has 2 aromatic rings. The maximum atomic E-state index is 11.7. The molecule has 0 spiro atoms. The van der Waals surface area contributed by atoms with Gasteiger partial charge in [0.05, 0.1) is 17.3 Å². The Morgan fingerprint density at radius 3 is 2.83 bits per heavy atom. The maximum absolute atomic E-state index is 11.7. The molecular formula is C12H11ClN2OS2. The Hall–Kier alpha value is -1.04. The summed E-state index contributed by atoms with van der Waals surface area (Å²) in [7, 11) is 0. The lowest BCUT2D eigenvalue weighted by atomic mass is 10.4. The number of nitrogens with zero attached hydrogens (tertiary/aromatic N) is 1. The van der Waals surface area contributed by atoms with Crippen molar-refractivity contribution in [3.05, 3.63) is 41.4 Å². The molecule has 0 saturated heterocycles. The Bertz CT molecular complexity index is 516. The SMILES string of the molecule is O=C(CSc1ccccc1)Nc1nc(CCl)cs1. The molecule has 0 saturated carbocycles. The third-order valence-electron chi connectivity index (χ3n) is 2.05. The normalized spacial score (nSPS) is 10.3. The number of amides is 1. The molecule has 6 heteroatoms. The Morgan fingerprint density at radius 1 is 1.39 bits per heavy atom. The summed E-state index contributed by atoms with van der Waals surface area (Å²) in [6.07, 6.45) is 0. The number of hydrogen-bond donors (Lipinski definition) is 1. The van der Waals surface area contributed by atoms with E-state index in [4.69, 9.17) is 11.6 Å². The van der Waals surface area contributed by atoms with E-state index in [9.17, 15) is 4.79 Å². The van der Waals surface area contributed by atoms with Crippen molar-refractivity contribution in [1.29, 1.82) is 0 Å². The molecule has 3 nitrogen and oxygen atoms in total. The molecular weight excluding hydrogens is 288 g/mol. The van der Waals surface area contributed by atoms with Gasteiger partial charge in [-0.05, 0) is 12.1 Å². The molecule has 0 unspecified atom stereocenters. The van der Waals surface area contributed by atoms with Gasteiger partial charge in [-0.25, -0.2) is 4.98 Å². The lowest BCUT2D eigenvalue weighted by Gasteiger charge is -2.01. The van der Waals surface area contributed by atoms with Crippen LogP contribution in [0.15, 0.2) is 40.6 Å². The van der Waals surface area contributed by atoms with Gasteiger partial charge in [0, 0.05) is 10.3 Å². The molecule has 1 N–H and O–H groups in total. The quantitative estimate of drug-likeness (QED) is 0.677. The molecule has 0 fully saturated rings. The molecule has 0 radical (unpaired) electrons. The van der Waals surface area contributed by atoms with Crippen molar-refractivity contribution < 1.29 is 4.79 Å². The smallest absolute Gasteiger partial charge is 0.236 e. The first-order valence-electron chi connectivity index (χ1n) is 5.26. The van der Waals surface area contributed by atoms with Crippen LogP contribution in [0.3, 0.4) is 0 Å². The molecule has 18 heavy (non-hydrogen) atoms. The van der Waals surface area contributed by atoms with Crippen LogP contribution < -0.4 is 5.32 Å². The number of carbonyl (C=O) groups excluding carboxylic acids is 1. The number of carbonyl (C=O) groups is 1. The minimum Gasteiger partial charge on any atom is -0.301 e. The molecule has 0 bridgehead atoms. The van der Waals surface area contributed by atoms with Gasteiger partial charge in [0.15, 0.2) is 5.13 Å². The molecule has 1 aromatic carbocycles. The zero-order valence-electron chi connectivity index (χ0n) is 9.43. The first-order valence-corrected chi connectivity index (χ1v) is 7.66. The van der Waals surface area contributed by atoms with E-state index in [0.717, 1.165) is 10.6 Å². The average Bonchev–Trinajstić information content (AvgIpc) is 2.85. The van der Waals surface area contributed by atoms with Crippen LogP contribution in [-0.4, -0.2) is 16.6 Å². The fourth-order valence-electron chi connectivity index (χ4n) is 1.25. The van der Waals surface area contributed by atoms with Gasteiger partial charge < -0.3 is 5.32 Å². The summed E-state index contributed by atoms with van der Waals surface area (Å²) in [4.78, 5) is 16.9. The third-order valence-corrected chi connectivity index (χ3v) is 4.14.